The highest BCUT2D eigenvalue weighted by atomic mass is 15.2. The molecule has 2 aliphatic rings. The van der Waals surface area contributed by atoms with Gasteiger partial charge in [0.15, 0.2) is 0 Å². The maximum absolute atomic E-state index is 4.53. The van der Waals surface area contributed by atoms with E-state index in [9.17, 15) is 0 Å². The van der Waals surface area contributed by atoms with Crippen molar-refractivity contribution in [3.8, 4) is 0 Å². The predicted octanol–water partition coefficient (Wildman–Crippen LogP) is 4.12. The van der Waals surface area contributed by atoms with Gasteiger partial charge < -0.3 is 0 Å². The SMILES string of the molecule is Cc1ccc(C2=NN=C3CCCC[C@H]3CC2)cc1. The number of aryl methyl sites for hydroxylation is 1. The average molecular weight is 240 g/mol. The second-order valence-electron chi connectivity index (χ2n) is 5.49. The standard InChI is InChI=1S/C16H20N2/c1-12-6-8-14(9-7-12)16-11-10-13-4-2-3-5-15(13)17-18-16/h6-9,13H,2-5,10-11H2,1H3/t13-/m0/s1. The van der Waals surface area contributed by atoms with Crippen LogP contribution in [-0.4, -0.2) is 11.4 Å². The summed E-state index contributed by atoms with van der Waals surface area (Å²) >= 11 is 0. The van der Waals surface area contributed by atoms with Crippen LogP contribution in [0.4, 0.5) is 0 Å². The fourth-order valence-electron chi connectivity index (χ4n) is 2.94. The lowest BCUT2D eigenvalue weighted by molar-refractivity contribution is 0.507. The Morgan fingerprint density at radius 3 is 2.61 bits per heavy atom. The van der Waals surface area contributed by atoms with Crippen LogP contribution in [0.5, 0.6) is 0 Å². The molecule has 0 N–H and O–H groups in total. The molecule has 0 amide bonds. The summed E-state index contributed by atoms with van der Waals surface area (Å²) in [6.07, 6.45) is 7.44. The molecular formula is C16H20N2. The highest BCUT2D eigenvalue weighted by molar-refractivity contribution is 6.02. The number of benzene rings is 1. The minimum absolute atomic E-state index is 0.699. The van der Waals surface area contributed by atoms with Crippen LogP contribution in [0.2, 0.25) is 0 Å². The first-order valence-electron chi connectivity index (χ1n) is 7.03. The van der Waals surface area contributed by atoms with Crippen molar-refractivity contribution in [1.82, 2.24) is 0 Å². The van der Waals surface area contributed by atoms with Crippen molar-refractivity contribution in [2.24, 2.45) is 16.1 Å². The third-order valence-electron chi connectivity index (χ3n) is 4.12. The summed E-state index contributed by atoms with van der Waals surface area (Å²) in [6.45, 7) is 2.12. The Kier molecular flexibility index (Phi) is 3.26. The molecule has 0 spiro atoms. The van der Waals surface area contributed by atoms with Crippen LogP contribution < -0.4 is 0 Å². The van der Waals surface area contributed by atoms with E-state index in [1.165, 1.54) is 42.5 Å². The molecule has 1 aromatic carbocycles. The minimum Gasteiger partial charge on any atom is -0.160 e. The normalized spacial score (nSPS) is 23.7. The van der Waals surface area contributed by atoms with E-state index in [1.807, 2.05) is 0 Å². The van der Waals surface area contributed by atoms with Crippen molar-refractivity contribution in [1.29, 1.82) is 0 Å². The van der Waals surface area contributed by atoms with Gasteiger partial charge in [-0.2, -0.15) is 10.2 Å². The van der Waals surface area contributed by atoms with Crippen molar-refractivity contribution in [3.05, 3.63) is 35.4 Å². The molecule has 0 unspecified atom stereocenters. The molecule has 2 nitrogen and oxygen atoms in total. The first-order valence-corrected chi connectivity index (χ1v) is 7.03. The molecule has 1 heterocycles. The molecule has 18 heavy (non-hydrogen) atoms. The first-order chi connectivity index (χ1) is 8.83. The molecular weight excluding hydrogens is 220 g/mol. The van der Waals surface area contributed by atoms with Crippen LogP contribution in [0.1, 0.15) is 49.7 Å². The van der Waals surface area contributed by atoms with Gasteiger partial charge in [0.25, 0.3) is 0 Å². The Hall–Kier alpha value is -1.44. The number of hydrogen-bond acceptors (Lipinski definition) is 2. The lowest BCUT2D eigenvalue weighted by Crippen LogP contribution is -2.18. The third-order valence-corrected chi connectivity index (χ3v) is 4.12. The second-order valence-corrected chi connectivity index (χ2v) is 5.49. The summed E-state index contributed by atoms with van der Waals surface area (Å²) in [6, 6.07) is 8.65. The van der Waals surface area contributed by atoms with Crippen molar-refractivity contribution < 1.29 is 0 Å². The summed E-state index contributed by atoms with van der Waals surface area (Å²) < 4.78 is 0. The Morgan fingerprint density at radius 1 is 0.944 bits per heavy atom. The molecule has 94 valence electrons. The molecule has 0 saturated heterocycles. The average Bonchev–Trinajstić information content (AvgIpc) is 2.62. The highest BCUT2D eigenvalue weighted by Crippen LogP contribution is 2.28. The van der Waals surface area contributed by atoms with Crippen LogP contribution in [0.25, 0.3) is 0 Å². The van der Waals surface area contributed by atoms with Gasteiger partial charge >= 0.3 is 0 Å². The largest absolute Gasteiger partial charge is 0.160 e. The van der Waals surface area contributed by atoms with E-state index < -0.39 is 0 Å². The maximum atomic E-state index is 4.53. The van der Waals surface area contributed by atoms with Gasteiger partial charge in [-0.1, -0.05) is 36.2 Å². The Labute approximate surface area is 109 Å². The highest BCUT2D eigenvalue weighted by Gasteiger charge is 2.23. The molecule has 0 bridgehead atoms. The van der Waals surface area contributed by atoms with Crippen molar-refractivity contribution in [2.75, 3.05) is 0 Å². The summed E-state index contributed by atoms with van der Waals surface area (Å²) in [4.78, 5) is 0. The zero-order valence-corrected chi connectivity index (χ0v) is 11.0. The van der Waals surface area contributed by atoms with E-state index in [4.69, 9.17) is 0 Å². The topological polar surface area (TPSA) is 24.7 Å². The summed E-state index contributed by atoms with van der Waals surface area (Å²) in [5, 5.41) is 9.04. The Balaban J connectivity index is 1.84. The van der Waals surface area contributed by atoms with Gasteiger partial charge in [-0.3, -0.25) is 0 Å². The fraction of sp³-hybridized carbons (Fsp3) is 0.500. The quantitative estimate of drug-likeness (QED) is 0.705. The molecule has 3 rings (SSSR count). The number of rotatable bonds is 1. The first kappa shape index (κ1) is 11.6. The van der Waals surface area contributed by atoms with Crippen molar-refractivity contribution in [2.45, 2.75) is 45.4 Å². The molecule has 1 fully saturated rings. The smallest absolute Gasteiger partial charge is 0.0702 e. The monoisotopic (exact) mass is 240 g/mol. The van der Waals surface area contributed by atoms with Crippen molar-refractivity contribution >= 4 is 11.4 Å². The van der Waals surface area contributed by atoms with Gasteiger partial charge in [-0.25, -0.2) is 0 Å². The van der Waals surface area contributed by atoms with Crippen LogP contribution in [-0.2, 0) is 0 Å². The fourth-order valence-corrected chi connectivity index (χ4v) is 2.94. The molecule has 2 heteroatoms. The number of hydrogen-bond donors (Lipinski definition) is 0. The number of nitrogens with zero attached hydrogens (tertiary/aromatic N) is 2. The molecule has 0 radical (unpaired) electrons. The minimum atomic E-state index is 0.699. The summed E-state index contributed by atoms with van der Waals surface area (Å²) in [7, 11) is 0. The van der Waals surface area contributed by atoms with Gasteiger partial charge in [0.1, 0.15) is 0 Å². The van der Waals surface area contributed by atoms with Crippen molar-refractivity contribution in [3.63, 3.8) is 0 Å². The van der Waals surface area contributed by atoms with Crippen LogP contribution in [0.3, 0.4) is 0 Å². The van der Waals surface area contributed by atoms with E-state index in [2.05, 4.69) is 41.4 Å². The summed E-state index contributed by atoms with van der Waals surface area (Å²) in [5.41, 5.74) is 5.05. The number of fused-ring (bicyclic) bond motifs is 1. The molecule has 1 aliphatic heterocycles. The molecule has 1 saturated carbocycles. The second kappa shape index (κ2) is 5.05. The van der Waals surface area contributed by atoms with Gasteiger partial charge in [-0.15, -0.1) is 0 Å². The maximum Gasteiger partial charge on any atom is 0.0702 e. The zero-order valence-electron chi connectivity index (χ0n) is 11.0. The zero-order chi connectivity index (χ0) is 12.4. The van der Waals surface area contributed by atoms with Gasteiger partial charge in [0.05, 0.1) is 5.71 Å². The summed E-state index contributed by atoms with van der Waals surface area (Å²) in [5.74, 6) is 0.699. The Morgan fingerprint density at radius 2 is 1.78 bits per heavy atom. The molecule has 1 aliphatic carbocycles. The predicted molar refractivity (Wildman–Crippen MR) is 76.3 cm³/mol. The van der Waals surface area contributed by atoms with Gasteiger partial charge in [0.2, 0.25) is 0 Å². The van der Waals surface area contributed by atoms with Crippen LogP contribution in [0, 0.1) is 12.8 Å². The molecule has 1 aromatic rings. The van der Waals surface area contributed by atoms with E-state index in [-0.39, 0.29) is 0 Å². The molecule has 1 atom stereocenters. The van der Waals surface area contributed by atoms with Crippen LogP contribution >= 0.6 is 0 Å². The van der Waals surface area contributed by atoms with E-state index in [0.717, 1.165) is 18.6 Å². The third kappa shape index (κ3) is 2.38. The molecule has 0 aromatic heterocycles. The lowest BCUT2D eigenvalue weighted by Gasteiger charge is -2.21. The van der Waals surface area contributed by atoms with Crippen LogP contribution in [0.15, 0.2) is 34.5 Å². The van der Waals surface area contributed by atoms with E-state index in [1.54, 1.807) is 0 Å². The Bertz CT molecular complexity index is 482. The van der Waals surface area contributed by atoms with Gasteiger partial charge in [0, 0.05) is 5.71 Å². The van der Waals surface area contributed by atoms with E-state index >= 15 is 0 Å². The van der Waals surface area contributed by atoms with Gasteiger partial charge in [-0.05, 0) is 50.5 Å². The lowest BCUT2D eigenvalue weighted by atomic mass is 9.83. The van der Waals surface area contributed by atoms with E-state index in [0.29, 0.717) is 5.92 Å².